The normalized spacial score (nSPS) is 27.3. The molecule has 0 saturated carbocycles. The zero-order valence-electron chi connectivity index (χ0n) is 10.9. The second-order valence-corrected chi connectivity index (χ2v) is 4.76. The summed E-state index contributed by atoms with van der Waals surface area (Å²) in [7, 11) is 0. The first kappa shape index (κ1) is 16.3. The molecule has 4 heteroatoms. The average Bonchev–Trinajstić information content (AvgIpc) is 2.40. The van der Waals surface area contributed by atoms with Gasteiger partial charge < -0.3 is 5.11 Å². The molecule has 1 aromatic rings. The summed E-state index contributed by atoms with van der Waals surface area (Å²) < 4.78 is 0.638. The molecule has 3 nitrogen and oxygen atoms in total. The smallest absolute Gasteiger partial charge is 0.195 e. The van der Waals surface area contributed by atoms with Crippen molar-refractivity contribution >= 4 is 12.0 Å². The molecule has 2 unspecified atom stereocenters. The van der Waals surface area contributed by atoms with Gasteiger partial charge in [-0.15, -0.1) is 0 Å². The van der Waals surface area contributed by atoms with Gasteiger partial charge in [-0.3, -0.25) is 9.28 Å². The molecule has 1 heterocycles. The molecule has 1 fully saturated rings. The number of nitrogens with zero attached hydrogens (tertiary/aromatic N) is 1. The van der Waals surface area contributed by atoms with E-state index in [1.807, 2.05) is 24.3 Å². The quantitative estimate of drug-likeness (QED) is 0.555. The summed E-state index contributed by atoms with van der Waals surface area (Å²) in [6.45, 7) is 3.99. The standard InChI is InChI=1S/C14H20NO2.Ac/c1-2-15(10-4-3-5-14(15)17)13-8-6-12(11-16)7-9-13;/h6-9,11,14,17H,2-5,10H2,1H3;/q+1;. The molecule has 0 amide bonds. The Balaban J connectivity index is 0.00000162. The number of aliphatic hydroxyl groups excluding tert-OH is 1. The van der Waals surface area contributed by atoms with Gasteiger partial charge in [0.1, 0.15) is 12.0 Å². The van der Waals surface area contributed by atoms with Crippen LogP contribution < -0.4 is 4.48 Å². The molecular weight excluding hydrogens is 441 g/mol. The number of likely N-dealkylation sites (tertiary alicyclic amines) is 1. The largest absolute Gasteiger partial charge is 0.344 e. The maximum absolute atomic E-state index is 10.7. The summed E-state index contributed by atoms with van der Waals surface area (Å²) in [6.07, 6.45) is 3.67. The maximum Gasteiger partial charge on any atom is 0.195 e. The van der Waals surface area contributed by atoms with E-state index in [2.05, 4.69) is 6.92 Å². The van der Waals surface area contributed by atoms with Crippen LogP contribution in [-0.4, -0.2) is 30.7 Å². The van der Waals surface area contributed by atoms with E-state index in [9.17, 15) is 9.90 Å². The first-order valence-corrected chi connectivity index (χ1v) is 6.33. The Bertz CT molecular complexity index is 393. The molecule has 0 aromatic heterocycles. The van der Waals surface area contributed by atoms with Crippen LogP contribution in [-0.2, 0) is 0 Å². The van der Waals surface area contributed by atoms with Crippen molar-refractivity contribution in [3.63, 3.8) is 0 Å². The Kier molecular flexibility index (Phi) is 6.47. The van der Waals surface area contributed by atoms with Crippen LogP contribution in [0, 0.1) is 44.1 Å². The van der Waals surface area contributed by atoms with Gasteiger partial charge >= 0.3 is 0 Å². The summed E-state index contributed by atoms with van der Waals surface area (Å²) in [5.74, 6) is 0. The number of hydrogen-bond acceptors (Lipinski definition) is 2. The molecular formula is C14H20AcNO2+. The third-order valence-corrected chi connectivity index (χ3v) is 3.95. The monoisotopic (exact) mass is 461 g/mol. The van der Waals surface area contributed by atoms with E-state index >= 15 is 0 Å². The number of hydrogen-bond donors (Lipinski definition) is 1. The molecule has 1 aromatic carbocycles. The molecule has 1 N–H and O–H groups in total. The third-order valence-electron chi connectivity index (χ3n) is 3.95. The molecule has 18 heavy (non-hydrogen) atoms. The molecule has 0 aliphatic carbocycles. The molecule has 1 saturated heterocycles. The van der Waals surface area contributed by atoms with Crippen LogP contribution in [0.2, 0.25) is 0 Å². The van der Waals surface area contributed by atoms with Crippen molar-refractivity contribution < 1.29 is 54.0 Å². The van der Waals surface area contributed by atoms with E-state index in [0.29, 0.717) is 10.0 Å². The summed E-state index contributed by atoms with van der Waals surface area (Å²) in [5, 5.41) is 10.3. The van der Waals surface area contributed by atoms with Crippen LogP contribution in [0.15, 0.2) is 24.3 Å². The molecule has 1 radical (unpaired) electrons. The number of aldehydes is 1. The summed E-state index contributed by atoms with van der Waals surface area (Å²) in [5.41, 5.74) is 1.81. The van der Waals surface area contributed by atoms with Gasteiger partial charge in [-0.1, -0.05) is 0 Å². The van der Waals surface area contributed by atoms with E-state index in [1.54, 1.807) is 0 Å². The maximum atomic E-state index is 10.7. The predicted octanol–water partition coefficient (Wildman–Crippen LogP) is 2.33. The van der Waals surface area contributed by atoms with Gasteiger partial charge in [-0.25, -0.2) is 0 Å². The Morgan fingerprint density at radius 2 is 2.00 bits per heavy atom. The van der Waals surface area contributed by atoms with Crippen LogP contribution >= 0.6 is 0 Å². The second-order valence-electron chi connectivity index (χ2n) is 4.76. The minimum Gasteiger partial charge on any atom is -0.344 e. The van der Waals surface area contributed by atoms with Crippen LogP contribution in [0.4, 0.5) is 5.69 Å². The zero-order valence-corrected chi connectivity index (χ0v) is 15.6. The Morgan fingerprint density at radius 3 is 2.50 bits per heavy atom. The predicted molar refractivity (Wildman–Crippen MR) is 68.9 cm³/mol. The SMILES string of the molecule is CC[N+]1(c2ccc(C=O)cc2)CCCCC1O.[Ac]. The van der Waals surface area contributed by atoms with Gasteiger partial charge in [-0.2, -0.15) is 0 Å². The third kappa shape index (κ3) is 3.04. The fraction of sp³-hybridized carbons (Fsp3) is 0.500. The summed E-state index contributed by atoms with van der Waals surface area (Å²) >= 11 is 0. The number of rotatable bonds is 3. The van der Waals surface area contributed by atoms with Gasteiger partial charge in [0, 0.05) is 56.0 Å². The van der Waals surface area contributed by atoms with E-state index < -0.39 is 0 Å². The van der Waals surface area contributed by atoms with Crippen LogP contribution in [0.1, 0.15) is 36.5 Å². The van der Waals surface area contributed by atoms with Crippen molar-refractivity contribution in [3.05, 3.63) is 29.8 Å². The van der Waals surface area contributed by atoms with Crippen molar-refractivity contribution in [3.8, 4) is 0 Å². The number of carbonyl (C=O) groups is 1. The zero-order chi connectivity index (χ0) is 12.3. The number of quaternary nitrogens is 1. The average molecular weight is 461 g/mol. The molecule has 2 atom stereocenters. The van der Waals surface area contributed by atoms with E-state index in [4.69, 9.17) is 0 Å². The molecule has 1 aliphatic heterocycles. The molecule has 1 aliphatic rings. The molecule has 95 valence electrons. The first-order chi connectivity index (χ1) is 8.23. The van der Waals surface area contributed by atoms with Gasteiger partial charge in [0.15, 0.2) is 6.23 Å². The van der Waals surface area contributed by atoms with E-state index in [1.165, 1.54) is 0 Å². The Labute approximate surface area is 144 Å². The number of aliphatic hydroxyl groups is 1. The molecule has 2 rings (SSSR count). The van der Waals surface area contributed by atoms with Crippen LogP contribution in [0.25, 0.3) is 0 Å². The van der Waals surface area contributed by atoms with E-state index in [-0.39, 0.29) is 50.3 Å². The minimum atomic E-state index is -0.309. The summed E-state index contributed by atoms with van der Waals surface area (Å²) in [4.78, 5) is 10.7. The van der Waals surface area contributed by atoms with E-state index in [0.717, 1.165) is 44.3 Å². The van der Waals surface area contributed by atoms with Gasteiger partial charge in [-0.05, 0) is 44.0 Å². The molecule has 0 bridgehead atoms. The van der Waals surface area contributed by atoms with Crippen molar-refractivity contribution in [1.29, 1.82) is 0 Å². The van der Waals surface area contributed by atoms with Gasteiger partial charge in [0.2, 0.25) is 0 Å². The fourth-order valence-electron chi connectivity index (χ4n) is 2.82. The molecule has 0 spiro atoms. The Hall–Kier alpha value is 0.252. The van der Waals surface area contributed by atoms with Crippen molar-refractivity contribution in [2.75, 3.05) is 13.1 Å². The van der Waals surface area contributed by atoms with Crippen LogP contribution in [0.5, 0.6) is 0 Å². The topological polar surface area (TPSA) is 37.3 Å². The fourth-order valence-corrected chi connectivity index (χ4v) is 2.82. The minimum absolute atomic E-state index is 0. The van der Waals surface area contributed by atoms with Gasteiger partial charge in [0.25, 0.3) is 0 Å². The number of piperidine rings is 1. The number of carbonyl (C=O) groups excluding carboxylic acids is 1. The second kappa shape index (κ2) is 7.15. The van der Waals surface area contributed by atoms with Crippen LogP contribution in [0.3, 0.4) is 0 Å². The summed E-state index contributed by atoms with van der Waals surface area (Å²) in [6, 6.07) is 7.61. The number of benzene rings is 1. The first-order valence-electron chi connectivity index (χ1n) is 6.33. The van der Waals surface area contributed by atoms with Crippen molar-refractivity contribution in [1.82, 2.24) is 4.48 Å². The van der Waals surface area contributed by atoms with Crippen molar-refractivity contribution in [2.24, 2.45) is 0 Å². The Morgan fingerprint density at radius 1 is 1.33 bits per heavy atom. The van der Waals surface area contributed by atoms with Gasteiger partial charge in [0.05, 0.1) is 13.1 Å². The van der Waals surface area contributed by atoms with Crippen molar-refractivity contribution in [2.45, 2.75) is 32.4 Å².